The molecular formula is C29H33NO4S. The van der Waals surface area contributed by atoms with Gasteiger partial charge in [-0.15, -0.1) is 0 Å². The van der Waals surface area contributed by atoms with Gasteiger partial charge in [0.25, 0.3) is 5.03 Å². The highest BCUT2D eigenvalue weighted by Gasteiger charge is 2.61. The summed E-state index contributed by atoms with van der Waals surface area (Å²) in [6.45, 7) is 14.0. The molecule has 2 saturated carbocycles. The molecular weight excluding hydrogens is 458 g/mol. The molecule has 5 atom stereocenters. The lowest BCUT2D eigenvalue weighted by Gasteiger charge is -2.55. The molecule has 0 amide bonds. The van der Waals surface area contributed by atoms with E-state index in [1.165, 1.54) is 5.57 Å². The molecule has 4 aliphatic carbocycles. The first-order valence-corrected chi connectivity index (χ1v) is 14.0. The number of carbonyl (C=O) groups is 1. The number of allylic oxidation sites excluding steroid dienone is 5. The smallest absolute Gasteiger partial charge is 0.282 e. The molecule has 2 fully saturated rings. The van der Waals surface area contributed by atoms with E-state index in [0.29, 0.717) is 18.4 Å². The summed E-state index contributed by atoms with van der Waals surface area (Å²) < 4.78 is 32.6. The first-order chi connectivity index (χ1) is 16.6. The normalized spacial score (nSPS) is 35.6. The number of ketones is 1. The van der Waals surface area contributed by atoms with E-state index in [0.717, 1.165) is 37.0 Å². The predicted molar refractivity (Wildman–Crippen MR) is 135 cm³/mol. The molecule has 0 aromatic heterocycles. The molecule has 0 radical (unpaired) electrons. The van der Waals surface area contributed by atoms with Crippen molar-refractivity contribution < 1.29 is 17.9 Å². The van der Waals surface area contributed by atoms with Crippen LogP contribution in [0.1, 0.15) is 57.9 Å². The Bertz CT molecular complexity index is 1330. The molecule has 0 aliphatic heterocycles. The fourth-order valence-corrected chi connectivity index (χ4v) is 9.08. The molecule has 0 heterocycles. The Balaban J connectivity index is 1.57. The molecule has 1 aromatic carbocycles. The quantitative estimate of drug-likeness (QED) is 0.474. The van der Waals surface area contributed by atoms with Crippen molar-refractivity contribution in [3.63, 3.8) is 0 Å². The van der Waals surface area contributed by atoms with Crippen LogP contribution in [-0.4, -0.2) is 21.3 Å². The van der Waals surface area contributed by atoms with Gasteiger partial charge in [-0.25, -0.2) is 13.3 Å². The lowest BCUT2D eigenvalue weighted by Crippen LogP contribution is -2.53. The van der Waals surface area contributed by atoms with Crippen molar-refractivity contribution >= 4 is 15.6 Å². The number of hydrogen-bond acceptors (Lipinski definition) is 4. The van der Waals surface area contributed by atoms with Crippen LogP contribution in [0.2, 0.25) is 0 Å². The minimum Gasteiger partial charge on any atom is -0.501 e. The number of hydrogen-bond donors (Lipinski definition) is 0. The van der Waals surface area contributed by atoms with Crippen LogP contribution in [0.15, 0.2) is 63.2 Å². The van der Waals surface area contributed by atoms with E-state index in [2.05, 4.69) is 23.9 Å². The monoisotopic (exact) mass is 491 g/mol. The number of fused-ring (bicyclic) bond motifs is 5. The van der Waals surface area contributed by atoms with Crippen molar-refractivity contribution in [3.8, 4) is 0 Å². The molecule has 4 aliphatic rings. The average Bonchev–Trinajstić information content (AvgIpc) is 3.15. The van der Waals surface area contributed by atoms with Gasteiger partial charge in [0.15, 0.2) is 0 Å². The Kier molecular flexibility index (Phi) is 5.64. The van der Waals surface area contributed by atoms with Crippen LogP contribution in [0.25, 0.3) is 4.85 Å². The third-order valence-corrected chi connectivity index (χ3v) is 11.2. The van der Waals surface area contributed by atoms with Gasteiger partial charge in [0.1, 0.15) is 5.78 Å². The van der Waals surface area contributed by atoms with E-state index < -0.39 is 15.3 Å². The minimum atomic E-state index is -3.95. The van der Waals surface area contributed by atoms with E-state index in [9.17, 15) is 13.2 Å². The number of methoxy groups -OCH3 is 1. The number of rotatable bonds is 3. The number of ether oxygens (including phenoxy) is 1. The van der Waals surface area contributed by atoms with E-state index in [-0.39, 0.29) is 38.9 Å². The van der Waals surface area contributed by atoms with Crippen molar-refractivity contribution in [2.75, 3.05) is 7.11 Å². The summed E-state index contributed by atoms with van der Waals surface area (Å²) in [6, 6.07) is 6.67. The highest BCUT2D eigenvalue weighted by Crippen LogP contribution is 2.65. The number of aryl methyl sites for hydroxylation is 1. The maximum absolute atomic E-state index is 13.9. The first-order valence-electron chi connectivity index (χ1n) is 12.5. The molecule has 35 heavy (non-hydrogen) atoms. The molecule has 0 bridgehead atoms. The third kappa shape index (κ3) is 3.46. The highest BCUT2D eigenvalue weighted by atomic mass is 32.2. The predicted octanol–water partition coefficient (Wildman–Crippen LogP) is 6.18. The molecule has 1 aromatic rings. The molecule has 5 nitrogen and oxygen atoms in total. The summed E-state index contributed by atoms with van der Waals surface area (Å²) >= 11 is 0. The van der Waals surface area contributed by atoms with Crippen LogP contribution >= 0.6 is 0 Å². The van der Waals surface area contributed by atoms with Crippen molar-refractivity contribution in [2.45, 2.75) is 64.2 Å². The van der Waals surface area contributed by atoms with Crippen LogP contribution in [-0.2, 0) is 19.4 Å². The van der Waals surface area contributed by atoms with Crippen LogP contribution in [0.4, 0.5) is 0 Å². The number of benzene rings is 1. The maximum Gasteiger partial charge on any atom is 0.282 e. The molecule has 6 heteroatoms. The second kappa shape index (κ2) is 8.20. The Morgan fingerprint density at radius 1 is 1.14 bits per heavy atom. The molecule has 184 valence electrons. The number of Topliss-reactive ketones (excluding diaryl/α,β-unsaturated/α-hetero) is 1. The van der Waals surface area contributed by atoms with Crippen LogP contribution < -0.4 is 0 Å². The zero-order chi connectivity index (χ0) is 25.2. The molecule has 0 unspecified atom stereocenters. The Labute approximate surface area is 208 Å². The Morgan fingerprint density at radius 3 is 2.51 bits per heavy atom. The van der Waals surface area contributed by atoms with Gasteiger partial charge < -0.3 is 4.74 Å². The van der Waals surface area contributed by atoms with Gasteiger partial charge in [-0.3, -0.25) is 4.79 Å². The molecule has 0 saturated heterocycles. The van der Waals surface area contributed by atoms with Gasteiger partial charge in [0.2, 0.25) is 9.84 Å². The van der Waals surface area contributed by atoms with Gasteiger partial charge in [0.05, 0.1) is 24.3 Å². The Hall–Kier alpha value is -2.65. The topological polar surface area (TPSA) is 64.8 Å². The van der Waals surface area contributed by atoms with Crippen molar-refractivity contribution in [1.29, 1.82) is 0 Å². The van der Waals surface area contributed by atoms with Gasteiger partial charge >= 0.3 is 0 Å². The van der Waals surface area contributed by atoms with Crippen LogP contribution in [0, 0.1) is 42.1 Å². The van der Waals surface area contributed by atoms with E-state index >= 15 is 0 Å². The highest BCUT2D eigenvalue weighted by molar-refractivity contribution is 7.95. The van der Waals surface area contributed by atoms with E-state index in [4.69, 9.17) is 11.3 Å². The van der Waals surface area contributed by atoms with Gasteiger partial charge in [-0.1, -0.05) is 37.6 Å². The third-order valence-electron chi connectivity index (χ3n) is 9.42. The summed E-state index contributed by atoms with van der Waals surface area (Å²) in [6.07, 6.45) is 8.59. The summed E-state index contributed by atoms with van der Waals surface area (Å²) in [5, 5.41) is -0.166. The maximum atomic E-state index is 13.9. The van der Waals surface area contributed by atoms with E-state index in [1.54, 1.807) is 31.4 Å². The molecule has 0 spiro atoms. The van der Waals surface area contributed by atoms with Gasteiger partial charge in [-0.2, -0.15) is 0 Å². The zero-order valence-corrected chi connectivity index (χ0v) is 21.7. The number of nitrogens with zero attached hydrogens (tertiary/aromatic N) is 1. The molecule has 5 rings (SSSR count). The van der Waals surface area contributed by atoms with Crippen molar-refractivity contribution in [1.82, 2.24) is 0 Å². The average molecular weight is 492 g/mol. The van der Waals surface area contributed by atoms with Crippen molar-refractivity contribution in [3.05, 3.63) is 75.3 Å². The lowest BCUT2D eigenvalue weighted by molar-refractivity contribution is -0.139. The zero-order valence-electron chi connectivity index (χ0n) is 20.9. The fraction of sp³-hybridized carbons (Fsp3) is 0.517. The fourth-order valence-electron chi connectivity index (χ4n) is 7.58. The summed E-state index contributed by atoms with van der Waals surface area (Å²) in [7, 11) is -2.25. The SMILES string of the molecule is [C-]#[N+]C(=C1CC[C@H]2[C@@H]3CC=C4C=C(OC)CC[C@]4(C)[C@H]3C(=O)C[C@]12C)S(=O)(=O)c1ccc(C)cc1. The molecule has 0 N–H and O–H groups in total. The van der Waals surface area contributed by atoms with Crippen LogP contribution in [0.3, 0.4) is 0 Å². The first kappa shape index (κ1) is 24.1. The van der Waals surface area contributed by atoms with Crippen LogP contribution in [0.5, 0.6) is 0 Å². The standard InChI is InChI=1S/C29H33NO4S/c1-18-6-9-21(10-7-18)35(32,33)27(30-4)24-13-12-23-22-11-8-19-16-20(34-5)14-15-28(19,2)26(22)25(31)17-29(23,24)3/h6-10,16,22-23,26H,11-15,17H2,1-3,5H3/t22-,23-,26+,28-,29-/m0/s1. The number of sulfone groups is 1. The summed E-state index contributed by atoms with van der Waals surface area (Å²) in [4.78, 5) is 17.6. The minimum absolute atomic E-state index is 0.0697. The van der Waals surface area contributed by atoms with E-state index in [1.807, 2.05) is 13.8 Å². The second-order valence-corrected chi connectivity index (χ2v) is 13.1. The summed E-state index contributed by atoms with van der Waals surface area (Å²) in [5.74, 6) is 1.47. The summed E-state index contributed by atoms with van der Waals surface area (Å²) in [5.41, 5.74) is 2.02. The number of carbonyl (C=O) groups excluding carboxylic acids is 1. The van der Waals surface area contributed by atoms with Gasteiger partial charge in [-0.05, 0) is 79.2 Å². The van der Waals surface area contributed by atoms with Gasteiger partial charge in [0, 0.05) is 24.2 Å². The largest absolute Gasteiger partial charge is 0.501 e. The van der Waals surface area contributed by atoms with Crippen molar-refractivity contribution in [2.24, 2.45) is 28.6 Å². The second-order valence-electron chi connectivity index (χ2n) is 11.2. The lowest BCUT2D eigenvalue weighted by atomic mass is 9.48. The Morgan fingerprint density at radius 2 is 1.86 bits per heavy atom.